The lowest BCUT2D eigenvalue weighted by molar-refractivity contribution is -0.684. The zero-order chi connectivity index (χ0) is 75.1. The number of halogens is 12. The first-order chi connectivity index (χ1) is 44.7. The van der Waals surface area contributed by atoms with Crippen LogP contribution in [0.15, 0.2) is 121 Å². The Labute approximate surface area is 571 Å². The Balaban J connectivity index is 0.000000684. The monoisotopic (exact) mass is 1480 g/mol. The maximum atomic E-state index is 11.4. The molecule has 554 valence electrons. The molecule has 0 saturated heterocycles. The molecule has 5 aromatic rings. The Kier molecular flexibility index (Phi) is 31.4. The van der Waals surface area contributed by atoms with Crippen molar-refractivity contribution in [3.63, 3.8) is 0 Å². The van der Waals surface area contributed by atoms with Crippen LogP contribution in [0.25, 0.3) is 8.25 Å². The van der Waals surface area contributed by atoms with Gasteiger partial charge in [0.05, 0.1) is 0 Å². The zero-order valence-corrected chi connectivity index (χ0v) is 61.2. The van der Waals surface area contributed by atoms with Crippen LogP contribution in [-0.4, -0.2) is 108 Å². The Bertz CT molecular complexity index is 3210. The van der Waals surface area contributed by atoms with Crippen molar-refractivity contribution in [3.8, 4) is 0 Å². The summed E-state index contributed by atoms with van der Waals surface area (Å²) in [6, 6.07) is 47.1. The quantitative estimate of drug-likeness (QED) is 0.0415. The topological polar surface area (TPSA) is 187 Å². The van der Waals surface area contributed by atoms with Gasteiger partial charge in [0.2, 0.25) is 0 Å². The number of nitrogens with zero attached hydrogens (tertiary/aromatic N) is 6. The number of anilines is 4. The summed E-state index contributed by atoms with van der Waals surface area (Å²) in [6.45, 7) is 45.5. The van der Waals surface area contributed by atoms with Crippen molar-refractivity contribution in [2.75, 3.05) is 72.0 Å². The van der Waals surface area contributed by atoms with Crippen LogP contribution in [0.2, 0.25) is 0 Å². The third kappa shape index (κ3) is 26.6. The third-order valence-corrected chi connectivity index (χ3v) is 19.3. The summed E-state index contributed by atoms with van der Waals surface area (Å²) in [5, 5.41) is 0. The molecule has 0 aliphatic heterocycles. The number of hydrogen-bond donors (Lipinski definition) is 2. The van der Waals surface area contributed by atoms with Gasteiger partial charge >= 0.3 is 22.0 Å². The lowest BCUT2D eigenvalue weighted by Gasteiger charge is -2.30. The van der Waals surface area contributed by atoms with E-state index in [4.69, 9.17) is 0 Å². The van der Waals surface area contributed by atoms with Crippen molar-refractivity contribution in [1.29, 1.82) is 0 Å². The van der Waals surface area contributed by atoms with E-state index in [-0.39, 0.29) is 0 Å². The van der Waals surface area contributed by atoms with E-state index in [1.807, 2.05) is 0 Å². The molecule has 0 aromatic heterocycles. The third-order valence-electron chi connectivity index (χ3n) is 13.8. The van der Waals surface area contributed by atoms with Crippen LogP contribution in [0.5, 0.6) is 0 Å². The summed E-state index contributed by atoms with van der Waals surface area (Å²) >= 11 is 0. The summed E-state index contributed by atoms with van der Waals surface area (Å²) in [5.74, 6) is 4.70. The molecular formula is C66H94F12N8O8S4. The SMILES string of the molecule is CC(C)CN(CC(C)C)c1ccc([NH+](c2ccc(N(CC(C)C)CC(C)C)cc2)c2ccc([NH+](c3ccc(N(CC(C)C)CC(C)C)cc3)c3ccc(N(CC(C)C)CC(C)C)cc3)cc2)cc1.O=S(=O)([N-]S(=O)(=O)C(F)(F)F)C(F)(F)F.O=S(=O)([N-]S(=O)(=O)C(F)(F)F)C(F)(F)F. The molecule has 0 fully saturated rings. The van der Waals surface area contributed by atoms with Crippen LogP contribution in [0.4, 0.5) is 110 Å². The number of quaternary nitrogens is 2. The molecule has 0 aliphatic carbocycles. The molecule has 0 radical (unpaired) electrons. The van der Waals surface area contributed by atoms with E-state index in [0.717, 1.165) is 60.6 Å². The molecule has 5 rings (SSSR count). The van der Waals surface area contributed by atoms with Crippen LogP contribution in [0.3, 0.4) is 0 Å². The summed E-state index contributed by atoms with van der Waals surface area (Å²) in [4.78, 5) is 12.8. The van der Waals surface area contributed by atoms with Crippen LogP contribution in [0.1, 0.15) is 111 Å². The molecule has 2 N–H and O–H groups in total. The van der Waals surface area contributed by atoms with E-state index in [1.54, 1.807) is 0 Å². The second-order valence-electron chi connectivity index (χ2n) is 27.1. The minimum absolute atomic E-state index is 0.588. The number of rotatable bonds is 30. The van der Waals surface area contributed by atoms with Crippen molar-refractivity contribution in [2.24, 2.45) is 47.3 Å². The van der Waals surface area contributed by atoms with Crippen LogP contribution < -0.4 is 29.4 Å². The van der Waals surface area contributed by atoms with Crippen molar-refractivity contribution in [3.05, 3.63) is 130 Å². The molecule has 0 atom stereocenters. The molecule has 0 aliphatic rings. The molecule has 0 amide bonds. The largest absolute Gasteiger partial charge is 0.480 e. The van der Waals surface area contributed by atoms with E-state index >= 15 is 0 Å². The maximum Gasteiger partial charge on any atom is 0.480 e. The molecular weight excluding hydrogens is 1390 g/mol. The summed E-state index contributed by atoms with van der Waals surface area (Å²) in [6.07, 6.45) is 0. The molecule has 16 nitrogen and oxygen atoms in total. The highest BCUT2D eigenvalue weighted by Gasteiger charge is 2.48. The Morgan fingerprint density at radius 1 is 0.255 bits per heavy atom. The van der Waals surface area contributed by atoms with E-state index < -0.39 is 62.1 Å². The highest BCUT2D eigenvalue weighted by molar-refractivity contribution is 8.13. The minimum atomic E-state index is -6.72. The fourth-order valence-corrected chi connectivity index (χ4v) is 13.7. The fourth-order valence-electron chi connectivity index (χ4n) is 10.3. The molecule has 0 unspecified atom stereocenters. The number of benzene rings is 5. The lowest BCUT2D eigenvalue weighted by atomic mass is 10.1. The van der Waals surface area contributed by atoms with Crippen molar-refractivity contribution < 1.29 is 96.2 Å². The zero-order valence-electron chi connectivity index (χ0n) is 57.9. The molecule has 0 bridgehead atoms. The standard InChI is InChI=1S/C62H92N6.2C2F6NO4S2/c1-45(2)37-63(38-46(3)4)53-17-25-57(26-18-53)67(58-27-19-54(20-28-58)64(39-47(5)6)40-48(7)8)61-33-35-62(36-34-61)68(59-29-21-55(22-30-59)65(41-49(9)10)42-50(11)12)60-31-23-56(24-32-60)66(43-51(13)14)44-52(15)16;2*3-1(4,5)14(10,11)9-15(12,13)2(6,7)8/h17-36,45-52H,37-44H2,1-16H3;;/q;2*-1/p+2. The second kappa shape index (κ2) is 35.6. The number of nitrogens with one attached hydrogen (secondary N) is 2. The molecule has 98 heavy (non-hydrogen) atoms. The van der Waals surface area contributed by atoms with Crippen molar-refractivity contribution in [2.45, 2.75) is 133 Å². The van der Waals surface area contributed by atoms with Gasteiger partial charge in [-0.25, -0.2) is 43.5 Å². The number of alkyl halides is 12. The normalized spacial score (nSPS) is 13.1. The molecule has 0 spiro atoms. The molecule has 0 heterocycles. The first-order valence-corrected chi connectivity index (χ1v) is 37.4. The van der Waals surface area contributed by atoms with E-state index in [1.165, 1.54) is 66.7 Å². The minimum Gasteiger partial charge on any atom is -0.421 e. The van der Waals surface area contributed by atoms with E-state index in [0.29, 0.717) is 47.3 Å². The smallest absolute Gasteiger partial charge is 0.421 e. The predicted octanol–water partition coefficient (Wildman–Crippen LogP) is 16.6. The fraction of sp³-hybridized carbons (Fsp3) is 0.545. The van der Waals surface area contributed by atoms with Gasteiger partial charge in [0.15, 0.2) is 40.1 Å². The lowest BCUT2D eigenvalue weighted by Crippen LogP contribution is -2.97. The van der Waals surface area contributed by atoms with Crippen LogP contribution in [0, 0.1) is 47.3 Å². The van der Waals surface area contributed by atoms with Gasteiger partial charge in [-0.15, -0.1) is 0 Å². The van der Waals surface area contributed by atoms with Gasteiger partial charge in [-0.05, 0) is 95.9 Å². The van der Waals surface area contributed by atoms with Gasteiger partial charge in [0, 0.05) is 148 Å². The summed E-state index contributed by atoms with van der Waals surface area (Å²) < 4.78 is 218. The Morgan fingerprint density at radius 3 is 0.469 bits per heavy atom. The summed E-state index contributed by atoms with van der Waals surface area (Å²) in [5.41, 5.74) is -12.2. The van der Waals surface area contributed by atoms with Gasteiger partial charge in [-0.1, -0.05) is 111 Å². The molecule has 5 aromatic carbocycles. The summed E-state index contributed by atoms with van der Waals surface area (Å²) in [7, 11) is -26.9. The van der Waals surface area contributed by atoms with Gasteiger partial charge in [0.1, 0.15) is 34.1 Å². The Hall–Kier alpha value is -5.90. The van der Waals surface area contributed by atoms with Crippen molar-refractivity contribution >= 4 is 97.0 Å². The van der Waals surface area contributed by atoms with Gasteiger partial charge in [-0.2, -0.15) is 52.7 Å². The Morgan fingerprint density at radius 2 is 0.367 bits per heavy atom. The highest BCUT2D eigenvalue weighted by atomic mass is 32.3. The molecule has 32 heteroatoms. The molecule has 0 saturated carbocycles. The van der Waals surface area contributed by atoms with Crippen LogP contribution >= 0.6 is 0 Å². The maximum absolute atomic E-state index is 11.4. The average Bonchev–Trinajstić information content (AvgIpc) is 0.802. The van der Waals surface area contributed by atoms with Gasteiger partial charge in [0.25, 0.3) is 0 Å². The first kappa shape index (κ1) is 86.3. The first-order valence-electron chi connectivity index (χ1n) is 31.7. The van der Waals surface area contributed by atoms with Gasteiger partial charge < -0.3 is 27.9 Å². The second-order valence-corrected chi connectivity index (χ2v) is 34.0. The van der Waals surface area contributed by atoms with E-state index in [9.17, 15) is 86.4 Å². The predicted molar refractivity (Wildman–Crippen MR) is 366 cm³/mol. The van der Waals surface area contributed by atoms with E-state index in [2.05, 4.69) is 252 Å². The van der Waals surface area contributed by atoms with Gasteiger partial charge in [-0.3, -0.25) is 0 Å². The highest BCUT2D eigenvalue weighted by Crippen LogP contribution is 2.38. The number of sulfonamides is 4. The van der Waals surface area contributed by atoms with Crippen molar-refractivity contribution in [1.82, 2.24) is 0 Å². The number of hydrogen-bond acceptors (Lipinski definition) is 12. The van der Waals surface area contributed by atoms with Crippen LogP contribution in [-0.2, 0) is 40.1 Å². The average molecular weight is 1480 g/mol.